The second-order valence-corrected chi connectivity index (χ2v) is 7.88. The summed E-state index contributed by atoms with van der Waals surface area (Å²) in [5.74, 6) is 1.72. The van der Waals surface area contributed by atoms with Gasteiger partial charge >= 0.3 is 0 Å². The van der Waals surface area contributed by atoms with Crippen LogP contribution in [0, 0.1) is 17.7 Å². The van der Waals surface area contributed by atoms with Crippen molar-refractivity contribution in [1.82, 2.24) is 5.32 Å². The molecule has 2 nitrogen and oxygen atoms in total. The van der Waals surface area contributed by atoms with Crippen molar-refractivity contribution in [2.75, 3.05) is 13.2 Å². The van der Waals surface area contributed by atoms with Crippen LogP contribution in [-0.2, 0) is 10.3 Å². The third kappa shape index (κ3) is 3.65. The predicted octanol–water partition coefficient (Wildman–Crippen LogP) is 5.13. The normalized spacial score (nSPS) is 23.4. The van der Waals surface area contributed by atoms with Crippen LogP contribution in [0.1, 0.15) is 37.5 Å². The minimum atomic E-state index is -3.38. The molecule has 0 saturated carbocycles. The zero-order valence-electron chi connectivity index (χ0n) is 15.9. The van der Waals surface area contributed by atoms with Crippen LogP contribution < -0.4 is 5.32 Å². The molecule has 28 heavy (non-hydrogen) atoms. The monoisotopic (exact) mass is 407 g/mol. The Morgan fingerprint density at radius 2 is 1.71 bits per heavy atom. The van der Waals surface area contributed by atoms with Gasteiger partial charge in [0.05, 0.1) is 6.61 Å². The van der Waals surface area contributed by atoms with Crippen LogP contribution in [-0.4, -0.2) is 24.7 Å². The molecular formula is C22H21ClF3NO. The quantitative estimate of drug-likeness (QED) is 0.662. The Balaban J connectivity index is 2.06. The highest BCUT2D eigenvalue weighted by atomic mass is 35.5. The fourth-order valence-electron chi connectivity index (χ4n) is 3.37. The Morgan fingerprint density at radius 3 is 2.39 bits per heavy atom. The summed E-state index contributed by atoms with van der Waals surface area (Å²) in [7, 11) is 0. The Labute approximate surface area is 168 Å². The van der Waals surface area contributed by atoms with Gasteiger partial charge in [-0.05, 0) is 57.2 Å². The lowest BCUT2D eigenvalue weighted by Crippen LogP contribution is -2.61. The number of benzene rings is 2. The second kappa shape index (κ2) is 7.44. The third-order valence-corrected chi connectivity index (χ3v) is 5.34. The Kier molecular flexibility index (Phi) is 5.51. The minimum absolute atomic E-state index is 0.105. The van der Waals surface area contributed by atoms with Crippen molar-refractivity contribution >= 4 is 11.6 Å². The molecule has 6 heteroatoms. The van der Waals surface area contributed by atoms with E-state index in [4.69, 9.17) is 16.3 Å². The minimum Gasteiger partial charge on any atom is -0.368 e. The fraction of sp³-hybridized carbons (Fsp3) is 0.364. The van der Waals surface area contributed by atoms with Gasteiger partial charge in [-0.2, -0.15) is 0 Å². The van der Waals surface area contributed by atoms with Crippen LogP contribution in [0.2, 0.25) is 5.02 Å². The molecule has 1 heterocycles. The van der Waals surface area contributed by atoms with Crippen LogP contribution in [0.3, 0.4) is 0 Å². The smallest absolute Gasteiger partial charge is 0.297 e. The van der Waals surface area contributed by atoms with Crippen molar-refractivity contribution in [3.8, 4) is 11.8 Å². The number of halogens is 4. The number of ether oxygens (including phenoxy) is 1. The highest BCUT2D eigenvalue weighted by Gasteiger charge is 2.63. The van der Waals surface area contributed by atoms with Gasteiger partial charge in [-0.25, -0.2) is 13.2 Å². The molecule has 0 unspecified atom stereocenters. The summed E-state index contributed by atoms with van der Waals surface area (Å²) in [5.41, 5.74) is -2.76. The maximum atomic E-state index is 15.4. The first-order valence-corrected chi connectivity index (χ1v) is 9.29. The summed E-state index contributed by atoms with van der Waals surface area (Å²) in [6.07, 6.45) is 0. The molecule has 1 atom stereocenters. The van der Waals surface area contributed by atoms with Gasteiger partial charge in [0.25, 0.3) is 5.92 Å². The molecule has 3 rings (SSSR count). The average Bonchev–Trinajstić information content (AvgIpc) is 2.71. The molecule has 0 aromatic heterocycles. The van der Waals surface area contributed by atoms with Crippen molar-refractivity contribution < 1.29 is 17.9 Å². The van der Waals surface area contributed by atoms with E-state index in [-0.39, 0.29) is 18.7 Å². The maximum absolute atomic E-state index is 15.4. The number of rotatable bonds is 1. The molecule has 0 radical (unpaired) electrons. The fourth-order valence-corrected chi connectivity index (χ4v) is 3.56. The molecule has 0 bridgehead atoms. The number of alkyl halides is 2. The summed E-state index contributed by atoms with van der Waals surface area (Å²) in [6.45, 7) is 4.22. The molecule has 2 aromatic rings. The van der Waals surface area contributed by atoms with E-state index in [2.05, 4.69) is 17.2 Å². The Bertz CT molecular complexity index is 948. The standard InChI is InChI=1S/C22H21ClF3NO/c1-20(2)22(25,26)21(3,27-11-12-28-20)18-14-16(9-10-19(18)24)8-7-15-5-4-6-17(23)13-15/h4-6,9-10,13-14,27H,11-12H2,1-3H3/t21-/m1/s1. The predicted molar refractivity (Wildman–Crippen MR) is 104 cm³/mol. The summed E-state index contributed by atoms with van der Waals surface area (Å²) in [4.78, 5) is 0. The molecule has 1 saturated heterocycles. The molecule has 148 valence electrons. The molecule has 0 aliphatic carbocycles. The lowest BCUT2D eigenvalue weighted by Gasteiger charge is -2.44. The molecular weight excluding hydrogens is 387 g/mol. The molecule has 1 aliphatic heterocycles. The highest BCUT2D eigenvalue weighted by Crippen LogP contribution is 2.48. The molecule has 1 aliphatic rings. The molecule has 1 fully saturated rings. The van der Waals surface area contributed by atoms with Gasteiger partial charge < -0.3 is 10.1 Å². The van der Waals surface area contributed by atoms with E-state index < -0.39 is 22.9 Å². The zero-order valence-corrected chi connectivity index (χ0v) is 16.6. The third-order valence-electron chi connectivity index (χ3n) is 5.11. The van der Waals surface area contributed by atoms with E-state index in [1.165, 1.54) is 39.0 Å². The van der Waals surface area contributed by atoms with Crippen LogP contribution in [0.4, 0.5) is 13.2 Å². The number of hydrogen-bond acceptors (Lipinski definition) is 2. The molecule has 0 spiro atoms. The Morgan fingerprint density at radius 1 is 1.04 bits per heavy atom. The highest BCUT2D eigenvalue weighted by molar-refractivity contribution is 6.30. The van der Waals surface area contributed by atoms with Gasteiger partial charge in [0.2, 0.25) is 0 Å². The first-order valence-electron chi connectivity index (χ1n) is 8.91. The van der Waals surface area contributed by atoms with E-state index in [0.717, 1.165) is 0 Å². The average molecular weight is 408 g/mol. The Hall–Kier alpha value is -2.00. The van der Waals surface area contributed by atoms with Gasteiger partial charge in [-0.3, -0.25) is 0 Å². The lowest BCUT2D eigenvalue weighted by atomic mass is 9.77. The first-order chi connectivity index (χ1) is 13.1. The van der Waals surface area contributed by atoms with E-state index >= 15 is 8.78 Å². The van der Waals surface area contributed by atoms with E-state index in [0.29, 0.717) is 16.1 Å². The van der Waals surface area contributed by atoms with E-state index in [9.17, 15) is 4.39 Å². The molecule has 2 aromatic carbocycles. The van der Waals surface area contributed by atoms with Gasteiger partial charge in [0, 0.05) is 28.3 Å². The van der Waals surface area contributed by atoms with Crippen molar-refractivity contribution in [3.63, 3.8) is 0 Å². The number of hydrogen-bond donors (Lipinski definition) is 1. The number of nitrogens with one attached hydrogen (secondary N) is 1. The van der Waals surface area contributed by atoms with Crippen LogP contribution in [0.15, 0.2) is 42.5 Å². The molecule has 0 amide bonds. The second-order valence-electron chi connectivity index (χ2n) is 7.44. The topological polar surface area (TPSA) is 21.3 Å². The summed E-state index contributed by atoms with van der Waals surface area (Å²) in [5, 5.41) is 3.33. The van der Waals surface area contributed by atoms with Crippen molar-refractivity contribution in [1.29, 1.82) is 0 Å². The van der Waals surface area contributed by atoms with Crippen molar-refractivity contribution in [3.05, 3.63) is 70.0 Å². The van der Waals surface area contributed by atoms with Gasteiger partial charge in [-0.1, -0.05) is 29.5 Å². The summed E-state index contributed by atoms with van der Waals surface area (Å²) >= 11 is 5.95. The van der Waals surface area contributed by atoms with Gasteiger partial charge in [0.15, 0.2) is 0 Å². The first kappa shape index (κ1) is 20.7. The van der Waals surface area contributed by atoms with Crippen LogP contribution >= 0.6 is 11.6 Å². The van der Waals surface area contributed by atoms with Crippen molar-refractivity contribution in [2.24, 2.45) is 0 Å². The van der Waals surface area contributed by atoms with Crippen molar-refractivity contribution in [2.45, 2.75) is 37.8 Å². The van der Waals surface area contributed by atoms with Crippen LogP contribution in [0.5, 0.6) is 0 Å². The lowest BCUT2D eigenvalue weighted by molar-refractivity contribution is -0.216. The van der Waals surface area contributed by atoms with Crippen LogP contribution in [0.25, 0.3) is 0 Å². The summed E-state index contributed by atoms with van der Waals surface area (Å²) in [6, 6.07) is 11.0. The largest absolute Gasteiger partial charge is 0.368 e. The maximum Gasteiger partial charge on any atom is 0.297 e. The zero-order chi connectivity index (χ0) is 20.6. The van der Waals surface area contributed by atoms with E-state index in [1.807, 2.05) is 0 Å². The van der Waals surface area contributed by atoms with E-state index in [1.54, 1.807) is 24.3 Å². The van der Waals surface area contributed by atoms with Gasteiger partial charge in [0.1, 0.15) is 17.0 Å². The van der Waals surface area contributed by atoms with Gasteiger partial charge in [-0.15, -0.1) is 0 Å². The molecule has 1 N–H and O–H groups in total. The SMILES string of the molecule is CC1(C)OCCN[C@](C)(c2cc(C#Cc3cccc(Cl)c3)ccc2F)C1(F)F. The summed E-state index contributed by atoms with van der Waals surface area (Å²) < 4.78 is 50.8.